The van der Waals surface area contributed by atoms with Crippen molar-refractivity contribution in [1.82, 2.24) is 0 Å². The maximum Gasteiger partial charge on any atom is 0.142 e. The molecule has 4 aromatic rings. The topological polar surface area (TPSA) is 40.0 Å². The van der Waals surface area contributed by atoms with Gasteiger partial charge >= 0.3 is 0 Å². The Labute approximate surface area is 207 Å². The fourth-order valence-corrected chi connectivity index (χ4v) is 3.59. The Morgan fingerprint density at radius 1 is 0.600 bits per heavy atom. The van der Waals surface area contributed by atoms with E-state index in [0.29, 0.717) is 19.8 Å². The first-order valence-electron chi connectivity index (χ1n) is 12.0. The molecule has 0 saturated heterocycles. The van der Waals surface area contributed by atoms with Crippen LogP contribution < -0.4 is 9.47 Å². The molecule has 0 amide bonds. The van der Waals surface area contributed by atoms with E-state index >= 15 is 0 Å². The van der Waals surface area contributed by atoms with Crippen LogP contribution in [0.15, 0.2) is 114 Å². The third-order valence-electron chi connectivity index (χ3n) is 5.52. The molecule has 0 aliphatic rings. The zero-order valence-electron chi connectivity index (χ0n) is 20.1. The summed E-state index contributed by atoms with van der Waals surface area (Å²) in [5.41, 5.74) is 5.19. The van der Waals surface area contributed by atoms with Gasteiger partial charge in [-0.15, -0.1) is 0 Å². The number of ether oxygens (including phenoxy) is 2. The molecule has 0 saturated carbocycles. The second-order valence-electron chi connectivity index (χ2n) is 8.28. The van der Waals surface area contributed by atoms with Crippen LogP contribution in [-0.2, 0) is 24.5 Å². The van der Waals surface area contributed by atoms with Crippen LogP contribution in [0.4, 0.5) is 0 Å². The summed E-state index contributed by atoms with van der Waals surface area (Å²) < 4.78 is 12.0. The average molecular weight is 466 g/mol. The van der Waals surface area contributed by atoms with Gasteiger partial charge in [-0.1, -0.05) is 103 Å². The average Bonchev–Trinajstić information content (AvgIpc) is 2.92. The number of oxime groups is 1. The predicted molar refractivity (Wildman–Crippen MR) is 141 cm³/mol. The van der Waals surface area contributed by atoms with Gasteiger partial charge in [-0.05, 0) is 47.4 Å². The summed E-state index contributed by atoms with van der Waals surface area (Å²) >= 11 is 0. The van der Waals surface area contributed by atoms with Crippen LogP contribution in [0.3, 0.4) is 0 Å². The highest BCUT2D eigenvalue weighted by Crippen LogP contribution is 2.18. The van der Waals surface area contributed by atoms with Gasteiger partial charge in [0.05, 0.1) is 0 Å². The Morgan fingerprint density at radius 3 is 1.83 bits per heavy atom. The molecule has 4 aromatic carbocycles. The Hall–Kier alpha value is -4.05. The second-order valence-corrected chi connectivity index (χ2v) is 8.28. The van der Waals surface area contributed by atoms with E-state index in [1.807, 2.05) is 97.1 Å². The molecule has 4 heteroatoms. The zero-order valence-corrected chi connectivity index (χ0v) is 20.1. The highest BCUT2D eigenvalue weighted by Gasteiger charge is 2.07. The summed E-state index contributed by atoms with van der Waals surface area (Å²) in [6.45, 7) is 3.41. The highest BCUT2D eigenvalue weighted by molar-refractivity contribution is 6.01. The van der Waals surface area contributed by atoms with Gasteiger partial charge in [0.1, 0.15) is 37.0 Å². The second kappa shape index (κ2) is 13.0. The fraction of sp³-hybridized carbons (Fsp3) is 0.194. The van der Waals surface area contributed by atoms with E-state index in [9.17, 15) is 0 Å². The Kier molecular flexibility index (Phi) is 8.94. The van der Waals surface area contributed by atoms with E-state index in [-0.39, 0.29) is 0 Å². The number of nitrogens with zero attached hydrogens (tertiary/aromatic N) is 1. The summed E-state index contributed by atoms with van der Waals surface area (Å²) in [5.74, 6) is 1.65. The van der Waals surface area contributed by atoms with Crippen molar-refractivity contribution in [2.75, 3.05) is 6.61 Å². The molecule has 0 aliphatic heterocycles. The summed E-state index contributed by atoms with van der Waals surface area (Å²) in [5, 5.41) is 4.37. The van der Waals surface area contributed by atoms with E-state index in [2.05, 4.69) is 24.2 Å². The van der Waals surface area contributed by atoms with Crippen LogP contribution in [-0.4, -0.2) is 12.3 Å². The first-order chi connectivity index (χ1) is 17.3. The monoisotopic (exact) mass is 465 g/mol. The lowest BCUT2D eigenvalue weighted by atomic mass is 10.1. The Balaban J connectivity index is 1.32. The van der Waals surface area contributed by atoms with Crippen LogP contribution in [0.5, 0.6) is 11.5 Å². The molecular formula is C31H31NO3. The minimum atomic E-state index is 0.304. The van der Waals surface area contributed by atoms with Crippen molar-refractivity contribution in [2.24, 2.45) is 5.16 Å². The maximum absolute atomic E-state index is 6.03. The molecule has 0 atom stereocenters. The normalized spacial score (nSPS) is 11.2. The molecule has 4 nitrogen and oxygen atoms in total. The molecule has 0 N–H and O–H groups in total. The lowest BCUT2D eigenvalue weighted by Crippen LogP contribution is -2.14. The van der Waals surface area contributed by atoms with Gasteiger partial charge in [-0.3, -0.25) is 0 Å². The summed E-state index contributed by atoms with van der Waals surface area (Å²) in [6, 6.07) is 36.2. The molecule has 0 aromatic heterocycles. The third kappa shape index (κ3) is 7.75. The first kappa shape index (κ1) is 24.1. The van der Waals surface area contributed by atoms with Crippen LogP contribution in [0.1, 0.15) is 35.6 Å². The molecule has 0 fully saturated rings. The van der Waals surface area contributed by atoms with Crippen LogP contribution in [0, 0.1) is 0 Å². The van der Waals surface area contributed by atoms with Crippen molar-refractivity contribution >= 4 is 5.71 Å². The minimum absolute atomic E-state index is 0.304. The van der Waals surface area contributed by atoms with E-state index in [4.69, 9.17) is 14.3 Å². The SMILES string of the molecule is CCCc1ccc(OCc2ccc(OC/C(=N\OCc3ccccc3)c3ccccc3)cc2)cc1. The van der Waals surface area contributed by atoms with Crippen molar-refractivity contribution in [2.45, 2.75) is 33.0 Å². The van der Waals surface area contributed by atoms with Gasteiger partial charge in [0.2, 0.25) is 0 Å². The number of benzene rings is 4. The summed E-state index contributed by atoms with van der Waals surface area (Å²) in [4.78, 5) is 5.63. The molecule has 0 bridgehead atoms. The van der Waals surface area contributed by atoms with E-state index in [1.54, 1.807) is 0 Å². The van der Waals surface area contributed by atoms with Crippen LogP contribution in [0.2, 0.25) is 0 Å². The van der Waals surface area contributed by atoms with Gasteiger partial charge in [0.15, 0.2) is 0 Å². The lowest BCUT2D eigenvalue weighted by Gasteiger charge is -2.11. The summed E-state index contributed by atoms with van der Waals surface area (Å²) in [6.07, 6.45) is 2.24. The molecule has 0 radical (unpaired) electrons. The van der Waals surface area contributed by atoms with E-state index < -0.39 is 0 Å². The highest BCUT2D eigenvalue weighted by atomic mass is 16.6. The Morgan fingerprint density at radius 2 is 1.17 bits per heavy atom. The van der Waals surface area contributed by atoms with Gasteiger partial charge < -0.3 is 14.3 Å². The molecule has 0 aliphatic carbocycles. The lowest BCUT2D eigenvalue weighted by molar-refractivity contribution is 0.129. The fourth-order valence-electron chi connectivity index (χ4n) is 3.59. The van der Waals surface area contributed by atoms with Gasteiger partial charge in [0.25, 0.3) is 0 Å². The van der Waals surface area contributed by atoms with Crippen molar-refractivity contribution in [3.63, 3.8) is 0 Å². The smallest absolute Gasteiger partial charge is 0.142 e. The molecule has 4 rings (SSSR count). The Bertz CT molecular complexity index is 1170. The van der Waals surface area contributed by atoms with Gasteiger partial charge in [-0.25, -0.2) is 0 Å². The molecule has 0 unspecified atom stereocenters. The van der Waals surface area contributed by atoms with Crippen molar-refractivity contribution in [3.8, 4) is 11.5 Å². The van der Waals surface area contributed by atoms with Crippen LogP contribution in [0.25, 0.3) is 0 Å². The quantitative estimate of drug-likeness (QED) is 0.164. The summed E-state index contributed by atoms with van der Waals surface area (Å²) in [7, 11) is 0. The largest absolute Gasteiger partial charge is 0.489 e. The maximum atomic E-state index is 6.03. The van der Waals surface area contributed by atoms with Gasteiger partial charge in [0, 0.05) is 5.56 Å². The number of hydrogen-bond acceptors (Lipinski definition) is 4. The van der Waals surface area contributed by atoms with E-state index in [1.165, 1.54) is 5.56 Å². The molecular weight excluding hydrogens is 434 g/mol. The molecule has 0 heterocycles. The number of hydrogen-bond donors (Lipinski definition) is 0. The first-order valence-corrected chi connectivity index (χ1v) is 12.0. The predicted octanol–water partition coefficient (Wildman–Crippen LogP) is 7.22. The van der Waals surface area contributed by atoms with Crippen molar-refractivity contribution in [3.05, 3.63) is 131 Å². The third-order valence-corrected chi connectivity index (χ3v) is 5.52. The van der Waals surface area contributed by atoms with Crippen LogP contribution >= 0.6 is 0 Å². The van der Waals surface area contributed by atoms with Crippen molar-refractivity contribution < 1.29 is 14.3 Å². The molecule has 0 spiro atoms. The zero-order chi connectivity index (χ0) is 24.1. The van der Waals surface area contributed by atoms with E-state index in [0.717, 1.165) is 46.7 Å². The molecule has 35 heavy (non-hydrogen) atoms. The standard InChI is InChI=1S/C31H31NO3/c1-2-9-25-14-18-29(19-15-25)33-22-27-16-20-30(21-17-27)34-24-31(28-12-7-4-8-13-28)32-35-23-26-10-5-3-6-11-26/h3-8,10-21H,2,9,22-24H2,1H3/b32-31+. The van der Waals surface area contributed by atoms with Gasteiger partial charge in [-0.2, -0.15) is 0 Å². The number of rotatable bonds is 12. The minimum Gasteiger partial charge on any atom is -0.489 e. The number of aryl methyl sites for hydroxylation is 1. The molecule has 178 valence electrons. The van der Waals surface area contributed by atoms with Crippen molar-refractivity contribution in [1.29, 1.82) is 0 Å².